The minimum absolute atomic E-state index is 0.0435. The number of morpholine rings is 1. The van der Waals surface area contributed by atoms with E-state index in [1.807, 2.05) is 6.92 Å². The second-order valence-electron chi connectivity index (χ2n) is 7.39. The van der Waals surface area contributed by atoms with Gasteiger partial charge in [-0.3, -0.25) is 4.90 Å². The van der Waals surface area contributed by atoms with Crippen LogP contribution in [0.25, 0.3) is 4.96 Å². The summed E-state index contributed by atoms with van der Waals surface area (Å²) in [5.41, 5.74) is 2.39. The standard InChI is InChI=1S/C20H26N4O2S/c1-5-16-21-20-24(22-16)19(25)18(27-20)17(15-8-6-12(2)7-9-15)23-10-13(3)26-14(4)11-23/h6-9,13-14,17,25H,5,10-11H2,1-4H3/t13-,14-,17+/m1/s1. The molecule has 4 rings (SSSR count). The second kappa shape index (κ2) is 7.22. The van der Waals surface area contributed by atoms with Crippen molar-refractivity contribution in [2.75, 3.05) is 13.1 Å². The summed E-state index contributed by atoms with van der Waals surface area (Å²) in [6.45, 7) is 9.94. The van der Waals surface area contributed by atoms with Crippen molar-refractivity contribution >= 4 is 16.3 Å². The van der Waals surface area contributed by atoms with Crippen LogP contribution in [-0.2, 0) is 11.2 Å². The van der Waals surface area contributed by atoms with E-state index in [1.165, 1.54) is 16.9 Å². The lowest BCUT2D eigenvalue weighted by Gasteiger charge is -2.40. The van der Waals surface area contributed by atoms with E-state index < -0.39 is 0 Å². The third-order valence-electron chi connectivity index (χ3n) is 5.01. The van der Waals surface area contributed by atoms with Gasteiger partial charge in [-0.2, -0.15) is 4.52 Å². The Balaban J connectivity index is 1.81. The van der Waals surface area contributed by atoms with Crippen molar-refractivity contribution < 1.29 is 9.84 Å². The molecule has 1 aliphatic rings. The summed E-state index contributed by atoms with van der Waals surface area (Å²) < 4.78 is 7.51. The molecule has 2 aromatic heterocycles. The van der Waals surface area contributed by atoms with Crippen LogP contribution in [0.2, 0.25) is 0 Å². The van der Waals surface area contributed by atoms with Crippen molar-refractivity contribution in [3.05, 3.63) is 46.1 Å². The van der Waals surface area contributed by atoms with Crippen molar-refractivity contribution in [3.8, 4) is 5.88 Å². The Morgan fingerprint density at radius 1 is 1.22 bits per heavy atom. The Kier molecular flexibility index (Phi) is 4.92. The highest BCUT2D eigenvalue weighted by molar-refractivity contribution is 7.17. The lowest BCUT2D eigenvalue weighted by atomic mass is 10.0. The van der Waals surface area contributed by atoms with Crippen molar-refractivity contribution in [2.45, 2.75) is 52.4 Å². The molecule has 0 bridgehead atoms. The molecule has 3 heterocycles. The molecule has 6 nitrogen and oxygen atoms in total. The van der Waals surface area contributed by atoms with Gasteiger partial charge in [0.15, 0.2) is 5.82 Å². The number of thiazole rings is 1. The number of aromatic hydroxyl groups is 1. The summed E-state index contributed by atoms with van der Waals surface area (Å²) in [4.78, 5) is 8.57. The predicted octanol–water partition coefficient (Wildman–Crippen LogP) is 3.57. The summed E-state index contributed by atoms with van der Waals surface area (Å²) in [5, 5.41) is 15.4. The molecule has 0 amide bonds. The zero-order valence-corrected chi connectivity index (χ0v) is 17.0. The molecule has 0 radical (unpaired) electrons. The van der Waals surface area contributed by atoms with E-state index in [4.69, 9.17) is 4.74 Å². The van der Waals surface area contributed by atoms with Gasteiger partial charge in [0.1, 0.15) is 0 Å². The number of hydrogen-bond donors (Lipinski definition) is 1. The number of fused-ring (bicyclic) bond motifs is 1. The van der Waals surface area contributed by atoms with Crippen molar-refractivity contribution in [1.29, 1.82) is 0 Å². The van der Waals surface area contributed by atoms with Crippen LogP contribution >= 0.6 is 11.3 Å². The highest BCUT2D eigenvalue weighted by atomic mass is 32.1. The number of aryl methyl sites for hydroxylation is 2. The number of benzene rings is 1. The molecule has 27 heavy (non-hydrogen) atoms. The van der Waals surface area contributed by atoms with Gasteiger partial charge in [0.05, 0.1) is 23.1 Å². The van der Waals surface area contributed by atoms with Gasteiger partial charge in [-0.1, -0.05) is 48.1 Å². The number of nitrogens with zero attached hydrogens (tertiary/aromatic N) is 4. The molecule has 0 unspecified atom stereocenters. The van der Waals surface area contributed by atoms with E-state index in [0.717, 1.165) is 40.7 Å². The lowest BCUT2D eigenvalue weighted by Crippen LogP contribution is -2.47. The van der Waals surface area contributed by atoms with E-state index in [0.29, 0.717) is 0 Å². The summed E-state index contributed by atoms with van der Waals surface area (Å²) >= 11 is 1.52. The largest absolute Gasteiger partial charge is 0.492 e. The maximum Gasteiger partial charge on any atom is 0.230 e. The summed E-state index contributed by atoms with van der Waals surface area (Å²) in [7, 11) is 0. The fourth-order valence-corrected chi connectivity index (χ4v) is 4.96. The van der Waals surface area contributed by atoms with Gasteiger partial charge < -0.3 is 9.84 Å². The molecular formula is C20H26N4O2S. The monoisotopic (exact) mass is 386 g/mol. The molecule has 0 spiro atoms. The third kappa shape index (κ3) is 3.47. The van der Waals surface area contributed by atoms with Crippen LogP contribution in [0.15, 0.2) is 24.3 Å². The Morgan fingerprint density at radius 3 is 2.48 bits per heavy atom. The van der Waals surface area contributed by atoms with Crippen LogP contribution in [0.1, 0.15) is 48.6 Å². The number of rotatable bonds is 4. The highest BCUT2D eigenvalue weighted by Crippen LogP contribution is 2.41. The average molecular weight is 387 g/mol. The quantitative estimate of drug-likeness (QED) is 0.743. The molecule has 1 aromatic carbocycles. The molecule has 3 aromatic rings. The first-order valence-electron chi connectivity index (χ1n) is 9.49. The third-order valence-corrected chi connectivity index (χ3v) is 6.09. The molecule has 144 valence electrons. The van der Waals surface area contributed by atoms with Crippen molar-refractivity contribution in [3.63, 3.8) is 0 Å². The second-order valence-corrected chi connectivity index (χ2v) is 8.40. The zero-order valence-electron chi connectivity index (χ0n) is 16.2. The van der Waals surface area contributed by atoms with E-state index in [-0.39, 0.29) is 24.1 Å². The first kappa shape index (κ1) is 18.4. The Hall–Kier alpha value is -1.96. The van der Waals surface area contributed by atoms with E-state index in [9.17, 15) is 5.11 Å². The molecule has 1 N–H and O–H groups in total. The number of aromatic nitrogens is 3. The van der Waals surface area contributed by atoms with Crippen LogP contribution in [0.3, 0.4) is 0 Å². The molecule has 1 saturated heterocycles. The molecule has 0 aliphatic carbocycles. The van der Waals surface area contributed by atoms with Gasteiger partial charge in [-0.05, 0) is 26.3 Å². The van der Waals surface area contributed by atoms with Crippen molar-refractivity contribution in [1.82, 2.24) is 19.5 Å². The van der Waals surface area contributed by atoms with Gasteiger partial charge in [-0.15, -0.1) is 5.10 Å². The van der Waals surface area contributed by atoms with E-state index in [2.05, 4.69) is 60.0 Å². The minimum atomic E-state index is -0.0435. The lowest BCUT2D eigenvalue weighted by molar-refractivity contribution is -0.0764. The van der Waals surface area contributed by atoms with Crippen LogP contribution < -0.4 is 0 Å². The van der Waals surface area contributed by atoms with Gasteiger partial charge in [-0.25, -0.2) is 4.98 Å². The van der Waals surface area contributed by atoms with Gasteiger partial charge in [0.25, 0.3) is 0 Å². The van der Waals surface area contributed by atoms with E-state index in [1.54, 1.807) is 4.52 Å². The number of ether oxygens (including phenoxy) is 1. The maximum atomic E-state index is 11.0. The summed E-state index contributed by atoms with van der Waals surface area (Å²) in [6.07, 6.45) is 1.05. The minimum Gasteiger partial charge on any atom is -0.492 e. The van der Waals surface area contributed by atoms with Gasteiger partial charge in [0, 0.05) is 19.5 Å². The van der Waals surface area contributed by atoms with Crippen LogP contribution in [0.5, 0.6) is 5.88 Å². The topological polar surface area (TPSA) is 62.9 Å². The average Bonchev–Trinajstić information content (AvgIpc) is 3.16. The summed E-state index contributed by atoms with van der Waals surface area (Å²) in [5.74, 6) is 0.947. The Bertz CT molecular complexity index is 924. The maximum absolute atomic E-state index is 11.0. The molecule has 0 saturated carbocycles. The first-order chi connectivity index (χ1) is 13.0. The Labute approximate surface area is 163 Å². The van der Waals surface area contributed by atoms with E-state index >= 15 is 0 Å². The molecular weight excluding hydrogens is 360 g/mol. The smallest absolute Gasteiger partial charge is 0.230 e. The SMILES string of the molecule is CCc1nc2sc([C@H](c3ccc(C)cc3)N3C[C@@H](C)O[C@H](C)C3)c(O)n2n1. The summed E-state index contributed by atoms with van der Waals surface area (Å²) in [6, 6.07) is 8.50. The van der Waals surface area contributed by atoms with Crippen LogP contribution in [-0.4, -0.2) is 49.9 Å². The van der Waals surface area contributed by atoms with Crippen LogP contribution in [0, 0.1) is 6.92 Å². The fourth-order valence-electron chi connectivity index (χ4n) is 3.82. The number of hydrogen-bond acceptors (Lipinski definition) is 6. The molecule has 3 atom stereocenters. The highest BCUT2D eigenvalue weighted by Gasteiger charge is 2.34. The fraction of sp³-hybridized carbons (Fsp3) is 0.500. The molecule has 7 heteroatoms. The predicted molar refractivity (Wildman–Crippen MR) is 107 cm³/mol. The zero-order chi connectivity index (χ0) is 19.1. The Morgan fingerprint density at radius 2 is 1.89 bits per heavy atom. The van der Waals surface area contributed by atoms with Crippen LogP contribution in [0.4, 0.5) is 0 Å². The first-order valence-corrected chi connectivity index (χ1v) is 10.3. The molecule has 1 fully saturated rings. The van der Waals surface area contributed by atoms with Crippen molar-refractivity contribution in [2.24, 2.45) is 0 Å². The molecule has 1 aliphatic heterocycles. The van der Waals surface area contributed by atoms with Gasteiger partial charge in [0.2, 0.25) is 10.8 Å². The van der Waals surface area contributed by atoms with Gasteiger partial charge >= 0.3 is 0 Å². The normalized spacial score (nSPS) is 22.4.